The van der Waals surface area contributed by atoms with Gasteiger partial charge in [0.1, 0.15) is 34.4 Å². The number of halogens is 6. The molecule has 0 unspecified atom stereocenters. The summed E-state index contributed by atoms with van der Waals surface area (Å²) in [7, 11) is 3.77. The fraction of sp³-hybridized carbons (Fsp3) is 0.400. The Morgan fingerprint density at radius 2 is 1.84 bits per heavy atom. The first-order chi connectivity index (χ1) is 15.0. The number of aromatic nitrogens is 3. The Bertz CT molecular complexity index is 1080. The molecule has 1 aromatic carbocycles. The molecule has 2 heterocycles. The molecule has 0 amide bonds. The van der Waals surface area contributed by atoms with Crippen LogP contribution in [0.3, 0.4) is 0 Å². The molecular formula is C20H21ClF5N5O. The summed E-state index contributed by atoms with van der Waals surface area (Å²) < 4.78 is 76.2. The number of hydrogen-bond donors (Lipinski definition) is 1. The number of hydrogen-bond acceptors (Lipinski definition) is 5. The van der Waals surface area contributed by atoms with Gasteiger partial charge in [-0.15, -0.1) is 0 Å². The van der Waals surface area contributed by atoms with Gasteiger partial charge in [-0.2, -0.15) is 18.2 Å². The van der Waals surface area contributed by atoms with Gasteiger partial charge in [0.05, 0.1) is 17.7 Å². The summed E-state index contributed by atoms with van der Waals surface area (Å²) in [6.45, 7) is 1.83. The summed E-state index contributed by atoms with van der Waals surface area (Å²) in [5.41, 5.74) is -0.988. The molecule has 0 fully saturated rings. The second-order valence-electron chi connectivity index (χ2n) is 7.40. The molecule has 6 nitrogen and oxygen atoms in total. The number of anilines is 1. The molecule has 0 saturated carbocycles. The maximum Gasteiger partial charge on any atom is 0.408 e. The third kappa shape index (κ3) is 5.21. The maximum atomic E-state index is 15.0. The summed E-state index contributed by atoms with van der Waals surface area (Å²) in [6, 6.07) is -0.130. The van der Waals surface area contributed by atoms with Crippen molar-refractivity contribution in [1.82, 2.24) is 19.3 Å². The molecule has 32 heavy (non-hydrogen) atoms. The van der Waals surface area contributed by atoms with Crippen molar-refractivity contribution in [2.24, 2.45) is 0 Å². The first-order valence-electron chi connectivity index (χ1n) is 9.61. The Morgan fingerprint density at radius 3 is 2.44 bits per heavy atom. The average molecular weight is 478 g/mol. The zero-order chi connectivity index (χ0) is 23.6. The Labute approximate surface area is 186 Å². The summed E-state index contributed by atoms with van der Waals surface area (Å²) in [5.74, 6) is -2.48. The van der Waals surface area contributed by atoms with Gasteiger partial charge < -0.3 is 15.0 Å². The van der Waals surface area contributed by atoms with Crippen molar-refractivity contribution in [3.8, 4) is 16.9 Å². The second-order valence-corrected chi connectivity index (χ2v) is 7.76. The SMILES string of the molecule is C[C@@H](Nc1c(-c2c(F)cc(OCCCN(C)C)cc2F)c(Cl)nc2nccn12)C(F)(F)F. The van der Waals surface area contributed by atoms with E-state index in [9.17, 15) is 13.2 Å². The lowest BCUT2D eigenvalue weighted by molar-refractivity contribution is -0.138. The fourth-order valence-electron chi connectivity index (χ4n) is 3.01. The zero-order valence-corrected chi connectivity index (χ0v) is 18.2. The van der Waals surface area contributed by atoms with Gasteiger partial charge in [-0.1, -0.05) is 11.6 Å². The first kappa shape index (κ1) is 24.0. The van der Waals surface area contributed by atoms with Crippen LogP contribution in [-0.2, 0) is 0 Å². The highest BCUT2D eigenvalue weighted by Gasteiger charge is 2.37. The maximum absolute atomic E-state index is 15.0. The number of imidazole rings is 1. The molecule has 1 atom stereocenters. The van der Waals surface area contributed by atoms with Crippen molar-refractivity contribution in [2.45, 2.75) is 25.6 Å². The van der Waals surface area contributed by atoms with Crippen LogP contribution in [0.5, 0.6) is 5.75 Å². The molecule has 0 radical (unpaired) electrons. The van der Waals surface area contributed by atoms with E-state index in [1.807, 2.05) is 19.0 Å². The molecule has 174 valence electrons. The van der Waals surface area contributed by atoms with Gasteiger partial charge >= 0.3 is 6.18 Å². The van der Waals surface area contributed by atoms with E-state index in [1.54, 1.807) is 0 Å². The average Bonchev–Trinajstić information content (AvgIpc) is 3.13. The third-order valence-electron chi connectivity index (χ3n) is 4.63. The van der Waals surface area contributed by atoms with Crippen LogP contribution in [0, 0.1) is 11.6 Å². The van der Waals surface area contributed by atoms with E-state index in [-0.39, 0.29) is 29.5 Å². The zero-order valence-electron chi connectivity index (χ0n) is 17.5. The van der Waals surface area contributed by atoms with E-state index in [4.69, 9.17) is 16.3 Å². The molecule has 0 aliphatic heterocycles. The monoisotopic (exact) mass is 477 g/mol. The molecule has 12 heteroatoms. The Kier molecular flexibility index (Phi) is 7.09. The Balaban J connectivity index is 2.05. The minimum atomic E-state index is -4.62. The predicted molar refractivity (Wildman–Crippen MR) is 111 cm³/mol. The van der Waals surface area contributed by atoms with E-state index in [0.29, 0.717) is 6.42 Å². The number of nitrogens with zero attached hydrogens (tertiary/aromatic N) is 4. The van der Waals surface area contributed by atoms with Crippen molar-refractivity contribution in [3.63, 3.8) is 0 Å². The van der Waals surface area contributed by atoms with Crippen LogP contribution in [0.25, 0.3) is 16.9 Å². The second kappa shape index (κ2) is 9.45. The molecule has 0 aliphatic carbocycles. The Morgan fingerprint density at radius 1 is 1.19 bits per heavy atom. The van der Waals surface area contributed by atoms with Gasteiger partial charge in [0, 0.05) is 31.1 Å². The highest BCUT2D eigenvalue weighted by atomic mass is 35.5. The topological polar surface area (TPSA) is 54.7 Å². The molecule has 2 aromatic heterocycles. The number of benzene rings is 1. The van der Waals surface area contributed by atoms with E-state index in [1.165, 1.54) is 12.4 Å². The number of alkyl halides is 3. The standard InChI is InChI=1S/C20H21ClF5N5O/c1-11(20(24,25)26)28-18-16(17(21)29-19-27-5-7-31(18)19)15-13(22)9-12(10-14(15)23)32-8-4-6-30(2)3/h5,7,9-11,28H,4,6,8H2,1-3H3/t11-/m1/s1. The van der Waals surface area contributed by atoms with Crippen LogP contribution in [0.4, 0.5) is 27.8 Å². The minimum absolute atomic E-state index is 0.0303. The van der Waals surface area contributed by atoms with Crippen LogP contribution in [0.15, 0.2) is 24.5 Å². The lowest BCUT2D eigenvalue weighted by Gasteiger charge is -2.22. The first-order valence-corrected chi connectivity index (χ1v) is 9.99. The van der Waals surface area contributed by atoms with Crippen molar-refractivity contribution >= 4 is 23.2 Å². The van der Waals surface area contributed by atoms with Gasteiger partial charge in [0.15, 0.2) is 0 Å². The molecular weight excluding hydrogens is 457 g/mol. The predicted octanol–water partition coefficient (Wildman–Crippen LogP) is 5.02. The summed E-state index contributed by atoms with van der Waals surface area (Å²) in [6.07, 6.45) is -1.40. The van der Waals surface area contributed by atoms with Crippen LogP contribution < -0.4 is 10.1 Å². The molecule has 3 rings (SSSR count). The van der Waals surface area contributed by atoms with Gasteiger partial charge in [-0.25, -0.2) is 13.8 Å². The molecule has 0 bridgehead atoms. The van der Waals surface area contributed by atoms with Crippen molar-refractivity contribution < 1.29 is 26.7 Å². The number of ether oxygens (including phenoxy) is 1. The minimum Gasteiger partial charge on any atom is -0.493 e. The lowest BCUT2D eigenvalue weighted by Crippen LogP contribution is -2.34. The molecule has 0 saturated heterocycles. The normalized spacial score (nSPS) is 13.1. The van der Waals surface area contributed by atoms with Gasteiger partial charge in [0.25, 0.3) is 0 Å². The molecule has 1 N–H and O–H groups in total. The van der Waals surface area contributed by atoms with Crippen LogP contribution in [0.1, 0.15) is 13.3 Å². The van der Waals surface area contributed by atoms with Crippen LogP contribution >= 0.6 is 11.6 Å². The number of fused-ring (bicyclic) bond motifs is 1. The largest absolute Gasteiger partial charge is 0.493 e. The fourth-order valence-corrected chi connectivity index (χ4v) is 3.27. The molecule has 0 aliphatic rings. The van der Waals surface area contributed by atoms with Crippen LogP contribution in [0.2, 0.25) is 5.15 Å². The van der Waals surface area contributed by atoms with E-state index < -0.39 is 34.6 Å². The van der Waals surface area contributed by atoms with Gasteiger partial charge in [0.2, 0.25) is 5.78 Å². The quantitative estimate of drug-likeness (QED) is 0.280. The van der Waals surface area contributed by atoms with Crippen molar-refractivity contribution in [3.05, 3.63) is 41.3 Å². The molecule has 0 spiro atoms. The summed E-state index contributed by atoms with van der Waals surface area (Å²) in [4.78, 5) is 9.78. The summed E-state index contributed by atoms with van der Waals surface area (Å²) in [5, 5.41) is 1.84. The number of rotatable bonds is 8. The van der Waals surface area contributed by atoms with Gasteiger partial charge in [-0.05, 0) is 27.4 Å². The third-order valence-corrected chi connectivity index (χ3v) is 4.91. The lowest BCUT2D eigenvalue weighted by atomic mass is 10.1. The number of nitrogens with one attached hydrogen (secondary N) is 1. The van der Waals surface area contributed by atoms with Crippen molar-refractivity contribution in [2.75, 3.05) is 32.6 Å². The Hall–Kier alpha value is -2.66. The highest BCUT2D eigenvalue weighted by Crippen LogP contribution is 2.40. The van der Waals surface area contributed by atoms with E-state index >= 15 is 8.78 Å². The smallest absolute Gasteiger partial charge is 0.408 e. The molecule has 3 aromatic rings. The van der Waals surface area contributed by atoms with Gasteiger partial charge in [-0.3, -0.25) is 4.40 Å². The van der Waals surface area contributed by atoms with Crippen molar-refractivity contribution in [1.29, 1.82) is 0 Å². The van der Waals surface area contributed by atoms with Crippen LogP contribution in [-0.4, -0.2) is 58.7 Å². The summed E-state index contributed by atoms with van der Waals surface area (Å²) >= 11 is 6.16. The van der Waals surface area contributed by atoms with E-state index in [0.717, 1.165) is 30.0 Å². The highest BCUT2D eigenvalue weighted by molar-refractivity contribution is 6.33. The van der Waals surface area contributed by atoms with E-state index in [2.05, 4.69) is 15.3 Å².